The number of amides is 1. The van der Waals surface area contributed by atoms with E-state index in [4.69, 9.17) is 0 Å². The number of carbonyl (C=O) groups is 1. The molecule has 0 aliphatic rings. The Morgan fingerprint density at radius 2 is 1.83 bits per heavy atom. The van der Waals surface area contributed by atoms with Gasteiger partial charge in [-0.05, 0) is 42.3 Å². The number of nitrogens with zero attached hydrogens (tertiary/aromatic N) is 2. The lowest BCUT2D eigenvalue weighted by molar-refractivity contribution is 0.102. The molecule has 1 N–H and O–H groups in total. The predicted molar refractivity (Wildman–Crippen MR) is 93.5 cm³/mol. The number of carbonyl (C=O) groups excluding carboxylic acids is 1. The van der Waals surface area contributed by atoms with E-state index in [1.807, 2.05) is 49.4 Å². The number of hydrogen-bond acceptors (Lipinski definition) is 3. The van der Waals surface area contributed by atoms with Crippen molar-refractivity contribution in [2.24, 2.45) is 0 Å². The number of aryl methyl sites for hydroxylation is 1. The normalized spacial score (nSPS) is 10.0. The van der Waals surface area contributed by atoms with Crippen LogP contribution in [-0.4, -0.2) is 10.9 Å². The lowest BCUT2D eigenvalue weighted by Gasteiger charge is -2.08. The summed E-state index contributed by atoms with van der Waals surface area (Å²) in [5.74, 6) is 0.204. The van der Waals surface area contributed by atoms with Crippen LogP contribution in [0.4, 0.5) is 5.82 Å². The summed E-state index contributed by atoms with van der Waals surface area (Å²) in [6.07, 6.45) is 0. The number of hydrogen-bond donors (Lipinski definition) is 1. The molecule has 0 aliphatic heterocycles. The van der Waals surface area contributed by atoms with Gasteiger partial charge >= 0.3 is 0 Å². The van der Waals surface area contributed by atoms with Crippen LogP contribution >= 0.6 is 0 Å². The first-order valence-electron chi connectivity index (χ1n) is 7.52. The van der Waals surface area contributed by atoms with E-state index >= 15 is 0 Å². The quantitative estimate of drug-likeness (QED) is 0.788. The molecule has 3 rings (SSSR count). The summed E-state index contributed by atoms with van der Waals surface area (Å²) in [5, 5.41) is 12.2. The largest absolute Gasteiger partial charge is 0.307 e. The Hall–Kier alpha value is -3.45. The first kappa shape index (κ1) is 15.4. The van der Waals surface area contributed by atoms with Gasteiger partial charge in [0.15, 0.2) is 0 Å². The van der Waals surface area contributed by atoms with Crippen molar-refractivity contribution < 1.29 is 4.79 Å². The molecule has 1 amide bonds. The van der Waals surface area contributed by atoms with Gasteiger partial charge in [0.05, 0.1) is 11.6 Å². The predicted octanol–water partition coefficient (Wildman–Crippen LogP) is 4.18. The molecule has 2 aromatic carbocycles. The lowest BCUT2D eigenvalue weighted by atomic mass is 9.98. The summed E-state index contributed by atoms with van der Waals surface area (Å²) in [4.78, 5) is 16.6. The van der Waals surface area contributed by atoms with Crippen LogP contribution in [-0.2, 0) is 0 Å². The molecule has 1 heterocycles. The zero-order valence-electron chi connectivity index (χ0n) is 13.2. The van der Waals surface area contributed by atoms with E-state index in [1.165, 1.54) is 0 Å². The second-order valence-corrected chi connectivity index (χ2v) is 5.36. The first-order chi connectivity index (χ1) is 11.7. The summed E-state index contributed by atoms with van der Waals surface area (Å²) in [5.41, 5.74) is 3.47. The van der Waals surface area contributed by atoms with Gasteiger partial charge in [0, 0.05) is 11.3 Å². The average molecular weight is 313 g/mol. The number of aromatic nitrogens is 1. The highest BCUT2D eigenvalue weighted by Crippen LogP contribution is 2.24. The third kappa shape index (κ3) is 3.31. The maximum atomic E-state index is 12.4. The molecule has 0 aliphatic carbocycles. The molecule has 24 heavy (non-hydrogen) atoms. The van der Waals surface area contributed by atoms with E-state index in [0.29, 0.717) is 16.9 Å². The van der Waals surface area contributed by atoms with Crippen LogP contribution in [0.1, 0.15) is 21.6 Å². The van der Waals surface area contributed by atoms with E-state index < -0.39 is 0 Å². The van der Waals surface area contributed by atoms with Crippen LogP contribution in [0, 0.1) is 18.3 Å². The van der Waals surface area contributed by atoms with Crippen molar-refractivity contribution in [3.8, 4) is 17.2 Å². The van der Waals surface area contributed by atoms with Crippen molar-refractivity contribution in [3.05, 3.63) is 83.6 Å². The van der Waals surface area contributed by atoms with Gasteiger partial charge in [0.1, 0.15) is 5.82 Å². The van der Waals surface area contributed by atoms with Gasteiger partial charge < -0.3 is 5.32 Å². The molecular formula is C20H15N3O. The number of benzene rings is 2. The molecule has 0 fully saturated rings. The van der Waals surface area contributed by atoms with Gasteiger partial charge in [0.2, 0.25) is 0 Å². The molecular weight excluding hydrogens is 298 g/mol. The van der Waals surface area contributed by atoms with Gasteiger partial charge in [-0.2, -0.15) is 5.26 Å². The van der Waals surface area contributed by atoms with Crippen LogP contribution in [0.25, 0.3) is 11.1 Å². The Morgan fingerprint density at radius 1 is 1.04 bits per heavy atom. The molecule has 0 radical (unpaired) electrons. The number of pyridine rings is 1. The molecule has 4 nitrogen and oxygen atoms in total. The Kier molecular flexibility index (Phi) is 4.35. The van der Waals surface area contributed by atoms with E-state index in [-0.39, 0.29) is 5.91 Å². The van der Waals surface area contributed by atoms with Crippen molar-refractivity contribution in [2.75, 3.05) is 5.32 Å². The highest BCUT2D eigenvalue weighted by atomic mass is 16.1. The minimum absolute atomic E-state index is 0.288. The van der Waals surface area contributed by atoms with Crippen molar-refractivity contribution in [2.45, 2.75) is 6.92 Å². The average Bonchev–Trinajstić information content (AvgIpc) is 2.62. The fourth-order valence-corrected chi connectivity index (χ4v) is 2.45. The second kappa shape index (κ2) is 6.76. The molecule has 116 valence electrons. The maximum Gasteiger partial charge on any atom is 0.256 e. The molecule has 0 saturated carbocycles. The highest BCUT2D eigenvalue weighted by molar-refractivity contribution is 6.04. The summed E-state index contributed by atoms with van der Waals surface area (Å²) in [6.45, 7) is 1.86. The Bertz CT molecular complexity index is 927. The standard InChI is InChI=1S/C20H15N3O/c1-14-6-5-9-19(22-14)23-20(24)16-10-11-18(17(12-16)13-21)15-7-3-2-4-8-15/h2-12H,1H3,(H,22,23,24). The lowest BCUT2D eigenvalue weighted by Crippen LogP contribution is -2.13. The molecule has 4 heteroatoms. The topological polar surface area (TPSA) is 65.8 Å². The van der Waals surface area contributed by atoms with Gasteiger partial charge in [0.25, 0.3) is 5.91 Å². The Balaban J connectivity index is 1.90. The maximum absolute atomic E-state index is 12.4. The highest BCUT2D eigenvalue weighted by Gasteiger charge is 2.11. The van der Waals surface area contributed by atoms with Crippen LogP contribution in [0.5, 0.6) is 0 Å². The minimum atomic E-state index is -0.288. The van der Waals surface area contributed by atoms with Crippen molar-refractivity contribution in [3.63, 3.8) is 0 Å². The van der Waals surface area contributed by atoms with Crippen LogP contribution in [0.3, 0.4) is 0 Å². The third-order valence-corrected chi connectivity index (χ3v) is 3.62. The SMILES string of the molecule is Cc1cccc(NC(=O)c2ccc(-c3ccccc3)c(C#N)c2)n1. The fourth-order valence-electron chi connectivity index (χ4n) is 2.45. The first-order valence-corrected chi connectivity index (χ1v) is 7.52. The van der Waals surface area contributed by atoms with Crippen molar-refractivity contribution in [1.82, 2.24) is 4.98 Å². The molecule has 0 spiro atoms. The summed E-state index contributed by atoms with van der Waals surface area (Å²) >= 11 is 0. The van der Waals surface area contributed by atoms with Crippen LogP contribution in [0.2, 0.25) is 0 Å². The zero-order chi connectivity index (χ0) is 16.9. The van der Waals surface area contributed by atoms with E-state index in [9.17, 15) is 10.1 Å². The Labute approximate surface area is 140 Å². The summed E-state index contributed by atoms with van der Waals surface area (Å²) in [7, 11) is 0. The molecule has 0 saturated heterocycles. The van der Waals surface area contributed by atoms with Gasteiger partial charge in [-0.1, -0.05) is 42.5 Å². The van der Waals surface area contributed by atoms with Crippen LogP contribution in [0.15, 0.2) is 66.7 Å². The van der Waals surface area contributed by atoms with E-state index in [0.717, 1.165) is 16.8 Å². The number of nitrogens with one attached hydrogen (secondary N) is 1. The number of nitriles is 1. The molecule has 1 aromatic heterocycles. The second-order valence-electron chi connectivity index (χ2n) is 5.36. The summed E-state index contributed by atoms with van der Waals surface area (Å²) < 4.78 is 0. The smallest absolute Gasteiger partial charge is 0.256 e. The minimum Gasteiger partial charge on any atom is -0.307 e. The van der Waals surface area contributed by atoms with Crippen molar-refractivity contribution in [1.29, 1.82) is 5.26 Å². The van der Waals surface area contributed by atoms with E-state index in [2.05, 4.69) is 16.4 Å². The molecule has 0 unspecified atom stereocenters. The molecule has 3 aromatic rings. The van der Waals surface area contributed by atoms with Crippen molar-refractivity contribution >= 4 is 11.7 Å². The van der Waals surface area contributed by atoms with Gasteiger partial charge in [-0.3, -0.25) is 4.79 Å². The molecule has 0 bridgehead atoms. The zero-order valence-corrected chi connectivity index (χ0v) is 13.2. The molecule has 0 atom stereocenters. The number of rotatable bonds is 3. The Morgan fingerprint density at radius 3 is 2.54 bits per heavy atom. The fraction of sp³-hybridized carbons (Fsp3) is 0.0500. The van der Waals surface area contributed by atoms with Crippen LogP contribution < -0.4 is 5.32 Å². The third-order valence-electron chi connectivity index (χ3n) is 3.62. The number of anilines is 1. The van der Waals surface area contributed by atoms with Gasteiger partial charge in [-0.15, -0.1) is 0 Å². The monoisotopic (exact) mass is 313 g/mol. The van der Waals surface area contributed by atoms with Gasteiger partial charge in [-0.25, -0.2) is 4.98 Å². The van der Waals surface area contributed by atoms with E-state index in [1.54, 1.807) is 24.3 Å². The summed E-state index contributed by atoms with van der Waals surface area (Å²) in [6, 6.07) is 22.3.